The van der Waals surface area contributed by atoms with Gasteiger partial charge in [0.05, 0.1) is 0 Å². The minimum Gasteiger partial charge on any atom is -0.387 e. The molecule has 64 valence electrons. The van der Waals surface area contributed by atoms with Gasteiger partial charge < -0.3 is 19.3 Å². The normalized spacial score (nSPS) is 55.4. The van der Waals surface area contributed by atoms with Gasteiger partial charge in [-0.15, -0.1) is 0 Å². The summed E-state index contributed by atoms with van der Waals surface area (Å²) >= 11 is 2.03. The molecule has 1 N–H and O–H groups in total. The van der Waals surface area contributed by atoms with Crippen LogP contribution in [0.3, 0.4) is 0 Å². The Morgan fingerprint density at radius 1 is 1.45 bits per heavy atom. The molecule has 3 unspecified atom stereocenters. The standard InChI is InChI=1S/C6H9IO4/c1-9-3-2(8)5(7)11-6-4(3)10-6/h2-6,8H,1H3/t2?,3?,4-,5-,6?/m1/s1. The van der Waals surface area contributed by atoms with E-state index >= 15 is 0 Å². The summed E-state index contributed by atoms with van der Waals surface area (Å²) in [7, 11) is 1.57. The van der Waals surface area contributed by atoms with Gasteiger partial charge in [0.15, 0.2) is 6.29 Å². The molecule has 2 heterocycles. The fraction of sp³-hybridized carbons (Fsp3) is 1.00. The van der Waals surface area contributed by atoms with Crippen LogP contribution < -0.4 is 0 Å². The van der Waals surface area contributed by atoms with Gasteiger partial charge >= 0.3 is 0 Å². The van der Waals surface area contributed by atoms with Crippen LogP contribution in [0, 0.1) is 0 Å². The number of hydrogen-bond donors (Lipinski definition) is 1. The van der Waals surface area contributed by atoms with E-state index in [0.717, 1.165) is 0 Å². The number of aliphatic hydroxyl groups is 1. The SMILES string of the molecule is COC1C(O)[C@H](I)OC2O[C@@H]21. The van der Waals surface area contributed by atoms with Gasteiger partial charge in [-0.1, -0.05) is 0 Å². The summed E-state index contributed by atoms with van der Waals surface area (Å²) in [6.45, 7) is 0. The minimum atomic E-state index is -0.579. The van der Waals surface area contributed by atoms with E-state index in [2.05, 4.69) is 0 Å². The van der Waals surface area contributed by atoms with E-state index in [1.165, 1.54) is 0 Å². The Bertz CT molecular complexity index is 165. The highest BCUT2D eigenvalue weighted by Gasteiger charge is 2.56. The van der Waals surface area contributed by atoms with Gasteiger partial charge in [-0.05, 0) is 22.6 Å². The number of halogens is 1. The van der Waals surface area contributed by atoms with E-state index in [9.17, 15) is 5.11 Å². The number of hydrogen-bond acceptors (Lipinski definition) is 4. The molecule has 2 fully saturated rings. The third kappa shape index (κ3) is 1.29. The topological polar surface area (TPSA) is 51.2 Å². The van der Waals surface area contributed by atoms with Crippen LogP contribution in [0.25, 0.3) is 0 Å². The molecule has 5 heteroatoms. The largest absolute Gasteiger partial charge is 0.387 e. The van der Waals surface area contributed by atoms with Gasteiger partial charge in [0, 0.05) is 7.11 Å². The molecule has 2 rings (SSSR count). The van der Waals surface area contributed by atoms with Crippen LogP contribution >= 0.6 is 22.6 Å². The monoisotopic (exact) mass is 272 g/mol. The molecular weight excluding hydrogens is 263 g/mol. The Balaban J connectivity index is 2.05. The summed E-state index contributed by atoms with van der Waals surface area (Å²) in [6, 6.07) is 0. The van der Waals surface area contributed by atoms with Crippen molar-refractivity contribution in [2.45, 2.75) is 28.7 Å². The van der Waals surface area contributed by atoms with Crippen molar-refractivity contribution in [2.75, 3.05) is 7.11 Å². The highest BCUT2D eigenvalue weighted by atomic mass is 127. The first-order valence-electron chi connectivity index (χ1n) is 3.40. The molecule has 0 aromatic carbocycles. The van der Waals surface area contributed by atoms with Crippen LogP contribution in [-0.2, 0) is 14.2 Å². The second-order valence-electron chi connectivity index (χ2n) is 2.65. The summed E-state index contributed by atoms with van der Waals surface area (Å²) in [5, 5.41) is 9.50. The molecular formula is C6H9IO4. The predicted octanol–water partition coefficient (Wildman–Crippen LogP) is -0.121. The molecule has 2 aliphatic heterocycles. The summed E-state index contributed by atoms with van der Waals surface area (Å²) in [6.07, 6.45) is -1.01. The molecule has 0 radical (unpaired) electrons. The third-order valence-corrected chi connectivity index (χ3v) is 2.98. The van der Waals surface area contributed by atoms with Crippen LogP contribution in [0.2, 0.25) is 0 Å². The summed E-state index contributed by atoms with van der Waals surface area (Å²) in [5.41, 5.74) is 0. The Kier molecular flexibility index (Phi) is 2.09. The zero-order chi connectivity index (χ0) is 8.01. The lowest BCUT2D eigenvalue weighted by molar-refractivity contribution is -0.0996. The fourth-order valence-corrected chi connectivity index (χ4v) is 1.98. The van der Waals surface area contributed by atoms with Gasteiger partial charge in [0.1, 0.15) is 22.4 Å². The molecule has 0 amide bonds. The van der Waals surface area contributed by atoms with E-state index in [4.69, 9.17) is 14.2 Å². The lowest BCUT2D eigenvalue weighted by atomic mass is 10.1. The molecule has 0 aliphatic carbocycles. The van der Waals surface area contributed by atoms with E-state index in [0.29, 0.717) is 0 Å². The maximum Gasteiger partial charge on any atom is 0.188 e. The van der Waals surface area contributed by atoms with Crippen LogP contribution in [0.4, 0.5) is 0 Å². The number of epoxide rings is 1. The highest BCUT2D eigenvalue weighted by molar-refractivity contribution is 14.1. The van der Waals surface area contributed by atoms with Crippen molar-refractivity contribution in [3.05, 3.63) is 0 Å². The summed E-state index contributed by atoms with van der Waals surface area (Å²) in [5.74, 6) is 0. The zero-order valence-corrected chi connectivity index (χ0v) is 8.09. The Labute approximate surface area is 77.9 Å². The summed E-state index contributed by atoms with van der Waals surface area (Å²) < 4.78 is 15.2. The highest BCUT2D eigenvalue weighted by Crippen LogP contribution is 2.38. The lowest BCUT2D eigenvalue weighted by Gasteiger charge is -2.27. The zero-order valence-electron chi connectivity index (χ0n) is 5.94. The number of ether oxygens (including phenoxy) is 3. The molecule has 0 saturated carbocycles. The fourth-order valence-electron chi connectivity index (χ4n) is 1.28. The lowest BCUT2D eigenvalue weighted by Crippen LogP contribution is -2.45. The van der Waals surface area contributed by atoms with Crippen molar-refractivity contribution in [3.8, 4) is 0 Å². The third-order valence-electron chi connectivity index (χ3n) is 1.95. The first kappa shape index (κ1) is 8.18. The minimum absolute atomic E-state index is 0.0546. The van der Waals surface area contributed by atoms with Gasteiger partial charge in [-0.3, -0.25) is 0 Å². The Morgan fingerprint density at radius 3 is 2.82 bits per heavy atom. The van der Waals surface area contributed by atoms with Crippen LogP contribution in [0.15, 0.2) is 0 Å². The average Bonchev–Trinajstić information content (AvgIpc) is 2.69. The number of aliphatic hydroxyl groups excluding tert-OH is 1. The van der Waals surface area contributed by atoms with Crippen molar-refractivity contribution in [1.82, 2.24) is 0 Å². The van der Waals surface area contributed by atoms with Gasteiger partial charge in [-0.25, -0.2) is 0 Å². The van der Waals surface area contributed by atoms with Gasteiger partial charge in [0.25, 0.3) is 0 Å². The van der Waals surface area contributed by atoms with Gasteiger partial charge in [0.2, 0.25) is 0 Å². The second kappa shape index (κ2) is 2.81. The molecule has 11 heavy (non-hydrogen) atoms. The Morgan fingerprint density at radius 2 is 2.18 bits per heavy atom. The average molecular weight is 272 g/mol. The number of fused-ring (bicyclic) bond motifs is 1. The maximum absolute atomic E-state index is 9.50. The molecule has 0 bridgehead atoms. The quantitative estimate of drug-likeness (QED) is 0.411. The molecule has 5 atom stereocenters. The molecule has 2 aliphatic rings. The Hall–Kier alpha value is 0.570. The van der Waals surface area contributed by atoms with Crippen LogP contribution in [0.1, 0.15) is 0 Å². The number of methoxy groups -OCH3 is 1. The van der Waals surface area contributed by atoms with Crippen molar-refractivity contribution in [2.24, 2.45) is 0 Å². The maximum atomic E-state index is 9.50. The van der Waals surface area contributed by atoms with Crippen LogP contribution in [-0.4, -0.2) is 40.9 Å². The first-order chi connectivity index (χ1) is 5.24. The molecule has 0 spiro atoms. The number of alkyl halides is 1. The van der Waals surface area contributed by atoms with Crippen LogP contribution in [0.5, 0.6) is 0 Å². The van der Waals surface area contributed by atoms with E-state index in [-0.39, 0.29) is 22.6 Å². The molecule has 0 aromatic heterocycles. The molecule has 2 saturated heterocycles. The first-order valence-corrected chi connectivity index (χ1v) is 4.64. The summed E-state index contributed by atoms with van der Waals surface area (Å²) in [4.78, 5) is 0. The van der Waals surface area contributed by atoms with E-state index in [1.807, 2.05) is 22.6 Å². The van der Waals surface area contributed by atoms with E-state index < -0.39 is 6.10 Å². The van der Waals surface area contributed by atoms with Crippen molar-refractivity contribution < 1.29 is 19.3 Å². The molecule has 4 nitrogen and oxygen atoms in total. The molecule has 0 aromatic rings. The van der Waals surface area contributed by atoms with Crippen molar-refractivity contribution in [1.29, 1.82) is 0 Å². The smallest absolute Gasteiger partial charge is 0.188 e. The predicted molar refractivity (Wildman–Crippen MR) is 44.4 cm³/mol. The number of rotatable bonds is 1. The van der Waals surface area contributed by atoms with Crippen molar-refractivity contribution in [3.63, 3.8) is 0 Å². The second-order valence-corrected chi connectivity index (χ2v) is 3.87. The van der Waals surface area contributed by atoms with E-state index in [1.54, 1.807) is 7.11 Å². The van der Waals surface area contributed by atoms with Gasteiger partial charge in [-0.2, -0.15) is 0 Å². The van der Waals surface area contributed by atoms with Crippen molar-refractivity contribution >= 4 is 22.6 Å².